The zero-order chi connectivity index (χ0) is 15.7. The monoisotopic (exact) mass is 315 g/mol. The third-order valence-electron chi connectivity index (χ3n) is 3.31. The summed E-state index contributed by atoms with van der Waals surface area (Å²) in [5.41, 5.74) is 5.90. The molecule has 2 heterocycles. The lowest BCUT2D eigenvalue weighted by molar-refractivity contribution is -0.120. The average Bonchev–Trinajstić information content (AvgIpc) is 2.86. The van der Waals surface area contributed by atoms with Gasteiger partial charge in [-0.05, 0) is 31.2 Å². The molecule has 0 aliphatic carbocycles. The summed E-state index contributed by atoms with van der Waals surface area (Å²) in [7, 11) is 0. The first kappa shape index (κ1) is 14.5. The van der Waals surface area contributed by atoms with Crippen LogP contribution in [0.2, 0.25) is 5.02 Å². The topological polar surface area (TPSA) is 85.3 Å². The minimum Gasteiger partial charge on any atom is -0.294 e. The second-order valence-corrected chi connectivity index (χ2v) is 5.34. The van der Waals surface area contributed by atoms with Crippen molar-refractivity contribution in [1.29, 1.82) is 0 Å². The molecule has 0 bridgehead atoms. The van der Waals surface area contributed by atoms with E-state index in [4.69, 9.17) is 17.4 Å². The lowest BCUT2D eigenvalue weighted by Crippen LogP contribution is -2.32. The number of nitrogens with zero attached hydrogens (tertiary/aromatic N) is 3. The Hall–Kier alpha value is -2.44. The molecule has 0 saturated heterocycles. The molecular formula is C15H14ClN5O. The van der Waals surface area contributed by atoms with E-state index in [9.17, 15) is 4.79 Å². The standard InChI is InChI=1S/C15H14ClN5O/c1-9-2-7-13-18-15(10-3-5-11(16)6-4-10)12(21(13)20-9)8-14(22)19-17/h2-7H,8,17H2,1H3,(H,19,22). The SMILES string of the molecule is Cc1ccc2nc(-c3ccc(Cl)cc3)c(CC(=O)NN)n2n1. The molecule has 0 unspecified atom stereocenters. The van der Waals surface area contributed by atoms with Gasteiger partial charge in [0.05, 0.1) is 23.5 Å². The number of fused-ring (bicyclic) bond motifs is 1. The average molecular weight is 316 g/mol. The van der Waals surface area contributed by atoms with Crippen LogP contribution in [0.3, 0.4) is 0 Å². The number of aromatic nitrogens is 3. The van der Waals surface area contributed by atoms with E-state index in [0.29, 0.717) is 22.1 Å². The van der Waals surface area contributed by atoms with E-state index in [0.717, 1.165) is 11.3 Å². The molecule has 1 amide bonds. The zero-order valence-electron chi connectivity index (χ0n) is 11.9. The van der Waals surface area contributed by atoms with Crippen molar-refractivity contribution >= 4 is 23.2 Å². The molecule has 0 fully saturated rings. The van der Waals surface area contributed by atoms with Crippen molar-refractivity contribution in [2.24, 2.45) is 5.84 Å². The number of imidazole rings is 1. The predicted octanol–water partition coefficient (Wildman–Crippen LogP) is 1.89. The lowest BCUT2D eigenvalue weighted by atomic mass is 10.1. The molecular weight excluding hydrogens is 302 g/mol. The summed E-state index contributed by atoms with van der Waals surface area (Å²) in [5, 5.41) is 5.08. The Morgan fingerprint density at radius 2 is 2.00 bits per heavy atom. The van der Waals surface area contributed by atoms with Gasteiger partial charge < -0.3 is 0 Å². The molecule has 7 heteroatoms. The molecule has 0 spiro atoms. The fraction of sp³-hybridized carbons (Fsp3) is 0.133. The number of amides is 1. The van der Waals surface area contributed by atoms with Gasteiger partial charge in [0.1, 0.15) is 0 Å². The number of nitrogens with one attached hydrogen (secondary N) is 1. The van der Waals surface area contributed by atoms with E-state index in [1.165, 1.54) is 0 Å². The van der Waals surface area contributed by atoms with Crippen LogP contribution in [0, 0.1) is 6.92 Å². The van der Waals surface area contributed by atoms with Crippen LogP contribution in [0.15, 0.2) is 36.4 Å². The normalized spacial score (nSPS) is 10.9. The Morgan fingerprint density at radius 1 is 1.27 bits per heavy atom. The first-order chi connectivity index (χ1) is 10.6. The van der Waals surface area contributed by atoms with Gasteiger partial charge in [-0.25, -0.2) is 15.3 Å². The van der Waals surface area contributed by atoms with Crippen molar-refractivity contribution in [2.45, 2.75) is 13.3 Å². The largest absolute Gasteiger partial charge is 0.294 e. The van der Waals surface area contributed by atoms with Gasteiger partial charge >= 0.3 is 0 Å². The number of hydrogen-bond donors (Lipinski definition) is 2. The number of nitrogens with two attached hydrogens (primary N) is 1. The van der Waals surface area contributed by atoms with Crippen molar-refractivity contribution in [1.82, 2.24) is 20.0 Å². The molecule has 2 aromatic heterocycles. The lowest BCUT2D eigenvalue weighted by Gasteiger charge is -2.04. The number of hydrazine groups is 1. The molecule has 0 aliphatic rings. The summed E-state index contributed by atoms with van der Waals surface area (Å²) < 4.78 is 1.68. The Kier molecular flexibility index (Phi) is 3.79. The number of hydrogen-bond acceptors (Lipinski definition) is 4. The summed E-state index contributed by atoms with van der Waals surface area (Å²) in [6.07, 6.45) is 0.0894. The van der Waals surface area contributed by atoms with Gasteiger partial charge in [0.25, 0.3) is 0 Å². The molecule has 0 saturated carbocycles. The quantitative estimate of drug-likeness (QED) is 0.439. The molecule has 22 heavy (non-hydrogen) atoms. The number of carbonyl (C=O) groups is 1. The highest BCUT2D eigenvalue weighted by atomic mass is 35.5. The molecule has 0 atom stereocenters. The van der Waals surface area contributed by atoms with E-state index in [2.05, 4.69) is 15.5 Å². The van der Waals surface area contributed by atoms with Gasteiger partial charge in [-0.15, -0.1) is 0 Å². The highest BCUT2D eigenvalue weighted by Gasteiger charge is 2.17. The third kappa shape index (κ3) is 2.66. The molecule has 3 N–H and O–H groups in total. The Morgan fingerprint density at radius 3 is 2.68 bits per heavy atom. The fourth-order valence-electron chi connectivity index (χ4n) is 2.27. The zero-order valence-corrected chi connectivity index (χ0v) is 12.6. The highest BCUT2D eigenvalue weighted by molar-refractivity contribution is 6.30. The van der Waals surface area contributed by atoms with Crippen molar-refractivity contribution in [3.05, 3.63) is 52.8 Å². The van der Waals surface area contributed by atoms with Crippen LogP contribution in [0.1, 0.15) is 11.4 Å². The van der Waals surface area contributed by atoms with Crippen LogP contribution in [0.25, 0.3) is 16.9 Å². The molecule has 3 aromatic rings. The Balaban J connectivity index is 2.21. The van der Waals surface area contributed by atoms with E-state index < -0.39 is 0 Å². The summed E-state index contributed by atoms with van der Waals surface area (Å²) in [4.78, 5) is 16.3. The maximum atomic E-state index is 11.7. The summed E-state index contributed by atoms with van der Waals surface area (Å²) in [6.45, 7) is 1.88. The first-order valence-corrected chi connectivity index (χ1v) is 7.07. The van der Waals surface area contributed by atoms with Crippen LogP contribution in [-0.4, -0.2) is 20.5 Å². The molecule has 3 rings (SSSR count). The van der Waals surface area contributed by atoms with Crippen molar-refractivity contribution in [3.8, 4) is 11.3 Å². The minimum absolute atomic E-state index is 0.0894. The molecule has 0 radical (unpaired) electrons. The number of carbonyl (C=O) groups excluding carboxylic acids is 1. The first-order valence-electron chi connectivity index (χ1n) is 6.69. The number of benzene rings is 1. The molecule has 0 aliphatic heterocycles. The van der Waals surface area contributed by atoms with Gasteiger partial charge in [0.15, 0.2) is 5.65 Å². The third-order valence-corrected chi connectivity index (χ3v) is 3.56. The fourth-order valence-corrected chi connectivity index (χ4v) is 2.40. The Labute approximate surface area is 131 Å². The van der Waals surface area contributed by atoms with Gasteiger partial charge in [0.2, 0.25) is 5.91 Å². The van der Waals surface area contributed by atoms with Crippen molar-refractivity contribution in [3.63, 3.8) is 0 Å². The van der Waals surface area contributed by atoms with E-state index in [-0.39, 0.29) is 12.3 Å². The number of rotatable bonds is 3. The molecule has 6 nitrogen and oxygen atoms in total. The van der Waals surface area contributed by atoms with E-state index >= 15 is 0 Å². The van der Waals surface area contributed by atoms with E-state index in [1.54, 1.807) is 16.6 Å². The van der Waals surface area contributed by atoms with Crippen LogP contribution >= 0.6 is 11.6 Å². The predicted molar refractivity (Wildman–Crippen MR) is 84.2 cm³/mol. The smallest absolute Gasteiger partial charge is 0.239 e. The van der Waals surface area contributed by atoms with Gasteiger partial charge in [0, 0.05) is 10.6 Å². The summed E-state index contributed by atoms with van der Waals surface area (Å²) in [5.74, 6) is 4.90. The minimum atomic E-state index is -0.305. The van der Waals surface area contributed by atoms with Gasteiger partial charge in [-0.2, -0.15) is 5.10 Å². The number of aryl methyl sites for hydroxylation is 1. The van der Waals surface area contributed by atoms with Crippen molar-refractivity contribution in [2.75, 3.05) is 0 Å². The Bertz CT molecular complexity index is 841. The van der Waals surface area contributed by atoms with Crippen LogP contribution in [-0.2, 0) is 11.2 Å². The molecule has 1 aromatic carbocycles. The van der Waals surface area contributed by atoms with Crippen molar-refractivity contribution < 1.29 is 4.79 Å². The van der Waals surface area contributed by atoms with Gasteiger partial charge in [-0.3, -0.25) is 10.2 Å². The maximum absolute atomic E-state index is 11.7. The van der Waals surface area contributed by atoms with Gasteiger partial charge in [-0.1, -0.05) is 23.7 Å². The summed E-state index contributed by atoms with van der Waals surface area (Å²) >= 11 is 5.93. The second kappa shape index (κ2) is 5.75. The maximum Gasteiger partial charge on any atom is 0.239 e. The second-order valence-electron chi connectivity index (χ2n) is 4.90. The van der Waals surface area contributed by atoms with Crippen LogP contribution in [0.4, 0.5) is 0 Å². The summed E-state index contributed by atoms with van der Waals surface area (Å²) in [6, 6.07) is 11.0. The van der Waals surface area contributed by atoms with Crippen LogP contribution < -0.4 is 11.3 Å². The van der Waals surface area contributed by atoms with Crippen LogP contribution in [0.5, 0.6) is 0 Å². The molecule has 112 valence electrons. The number of halogens is 1. The van der Waals surface area contributed by atoms with E-state index in [1.807, 2.05) is 31.2 Å². The highest BCUT2D eigenvalue weighted by Crippen LogP contribution is 2.26.